The number of thiophene rings is 1. The number of hydrogen-bond donors (Lipinski definition) is 0. The van der Waals surface area contributed by atoms with E-state index in [1.165, 1.54) is 59.3 Å². The molecule has 8 aromatic rings. The maximum absolute atomic E-state index is 13.0. The van der Waals surface area contributed by atoms with Crippen molar-refractivity contribution >= 4 is 66.6 Å². The fourth-order valence-electron chi connectivity index (χ4n) is 6.99. The third-order valence-corrected chi connectivity index (χ3v) is 13.0. The van der Waals surface area contributed by atoms with Crippen molar-refractivity contribution in [2.24, 2.45) is 0 Å². The van der Waals surface area contributed by atoms with Crippen LogP contribution in [-0.4, -0.2) is 22.6 Å². The van der Waals surface area contributed by atoms with Gasteiger partial charge in [-0.3, -0.25) is 9.37 Å². The molecule has 8 rings (SSSR count). The molecule has 0 fully saturated rings. The van der Waals surface area contributed by atoms with Crippen LogP contribution in [0.1, 0.15) is 71.9 Å². The summed E-state index contributed by atoms with van der Waals surface area (Å²) < 4.78 is 26.4. The molecule has 53 heavy (non-hydrogen) atoms. The Balaban J connectivity index is 0.000000198. The van der Waals surface area contributed by atoms with Crippen molar-refractivity contribution in [2.75, 3.05) is 0 Å². The van der Waals surface area contributed by atoms with Crippen LogP contribution in [0.3, 0.4) is 0 Å². The first-order valence-corrected chi connectivity index (χ1v) is 22.4. The Kier molecular flexibility index (Phi) is 10.8. The smallest absolute Gasteiger partial charge is 0.0849 e. The second-order valence-corrected chi connectivity index (χ2v) is 21.5. The van der Waals surface area contributed by atoms with Crippen molar-refractivity contribution in [3.8, 4) is 22.6 Å². The van der Waals surface area contributed by atoms with Crippen molar-refractivity contribution in [2.45, 2.75) is 79.0 Å². The topological polar surface area (TPSA) is 30.7 Å². The van der Waals surface area contributed by atoms with Crippen molar-refractivity contribution in [3.63, 3.8) is 0 Å². The largest absolute Gasteiger partial charge is 0.362 e. The first-order chi connectivity index (χ1) is 25.1. The van der Waals surface area contributed by atoms with Crippen molar-refractivity contribution in [1.82, 2.24) is 14.5 Å². The van der Waals surface area contributed by atoms with E-state index in [1.54, 1.807) is 6.07 Å². The number of nitrogens with zero attached hydrogens (tertiary/aromatic N) is 3. The number of aromatic nitrogens is 3. The maximum Gasteiger partial charge on any atom is 0.0849 e. The van der Waals surface area contributed by atoms with E-state index < -0.39 is 14.0 Å². The summed E-state index contributed by atoms with van der Waals surface area (Å²) in [6.07, 6.45) is 1.89. The average Bonchev–Trinajstić information content (AvgIpc) is 3.70. The van der Waals surface area contributed by atoms with Gasteiger partial charge in [0.15, 0.2) is 0 Å². The molecule has 7 heteroatoms. The van der Waals surface area contributed by atoms with E-state index >= 15 is 0 Å². The van der Waals surface area contributed by atoms with Gasteiger partial charge in [-0.25, -0.2) is 0 Å². The second-order valence-electron chi connectivity index (χ2n) is 15.4. The Bertz CT molecular complexity index is 2610. The minimum atomic E-state index is -1.57. The average molecular weight is 913 g/mol. The quantitative estimate of drug-likeness (QED) is 0.123. The zero-order valence-corrected chi connectivity index (χ0v) is 36.1. The molecule has 3 aromatic heterocycles. The fourth-order valence-corrected chi connectivity index (χ4v) is 9.82. The van der Waals surface area contributed by atoms with E-state index in [9.17, 15) is 4.39 Å². The van der Waals surface area contributed by atoms with Crippen molar-refractivity contribution < 1.29 is 25.9 Å². The van der Waals surface area contributed by atoms with E-state index in [1.807, 2.05) is 37.4 Å². The van der Waals surface area contributed by atoms with Gasteiger partial charge >= 0.3 is 0 Å². The van der Waals surface area contributed by atoms with Crippen LogP contribution >= 0.6 is 11.3 Å². The van der Waals surface area contributed by atoms with Gasteiger partial charge in [-0.2, -0.15) is 11.3 Å². The van der Waals surface area contributed by atoms with Gasteiger partial charge in [-0.1, -0.05) is 112 Å². The zero-order valence-electron chi connectivity index (χ0n) is 32.9. The van der Waals surface area contributed by atoms with Crippen molar-refractivity contribution in [1.29, 1.82) is 0 Å². The van der Waals surface area contributed by atoms with Crippen LogP contribution in [0.5, 0.6) is 0 Å². The number of pyridine rings is 1. The van der Waals surface area contributed by atoms with Gasteiger partial charge in [0.25, 0.3) is 0 Å². The standard InChI is InChI=1S/C29H25N2S.C17H21FNSi.Ir/c1-17(2)20-12-14-22-23-10-7-11-24(28(23)32-26(22)16-20)29-30-27-21-9-6-5-8-19(21)13-15-25(27)31(29)18(3)4;1-12(2)15-10-16(13-6-8-14(18)9-7-13)19-11-17(15)20(3,4)5;/h5-10,12-18H,1-4H3;6,8-12H,1-5H3;/q2*-1;/i;12D;. The van der Waals surface area contributed by atoms with E-state index in [4.69, 9.17) is 6.35 Å². The molecule has 3 heterocycles. The molecule has 3 nitrogen and oxygen atoms in total. The Hall–Kier alpha value is -4.00. The van der Waals surface area contributed by atoms with Gasteiger partial charge in [0, 0.05) is 49.6 Å². The molecule has 0 aliphatic heterocycles. The summed E-state index contributed by atoms with van der Waals surface area (Å²) in [7, 11) is -1.57. The minimum absolute atomic E-state index is 0. The molecular weight excluding hydrogens is 866 g/mol. The molecule has 5 aromatic carbocycles. The molecule has 0 aliphatic rings. The van der Waals surface area contributed by atoms with Crippen LogP contribution in [0.25, 0.3) is 64.6 Å². The monoisotopic (exact) mass is 913 g/mol. The molecule has 0 unspecified atom stereocenters. The predicted octanol–water partition coefficient (Wildman–Crippen LogP) is 13.1. The predicted molar refractivity (Wildman–Crippen MR) is 224 cm³/mol. The Morgan fingerprint density at radius 3 is 2.30 bits per heavy atom. The van der Waals surface area contributed by atoms with E-state index in [0.29, 0.717) is 12.0 Å². The molecule has 1 radical (unpaired) electrons. The van der Waals surface area contributed by atoms with Crippen LogP contribution in [0, 0.1) is 17.9 Å². The zero-order chi connectivity index (χ0) is 37.8. The molecule has 0 amide bonds. The van der Waals surface area contributed by atoms with Crippen LogP contribution < -0.4 is 5.19 Å². The first-order valence-electron chi connectivity index (χ1n) is 18.6. The van der Waals surface area contributed by atoms with Crippen LogP contribution in [0.15, 0.2) is 97.2 Å². The van der Waals surface area contributed by atoms with Gasteiger partial charge in [0.1, 0.15) is 0 Å². The summed E-state index contributed by atoms with van der Waals surface area (Å²) in [5.41, 5.74) is 7.24. The Morgan fingerprint density at radius 1 is 0.849 bits per heavy atom. The molecule has 0 aliphatic carbocycles. The maximum atomic E-state index is 13.0. The number of benzene rings is 5. The third-order valence-electron chi connectivity index (χ3n) is 9.75. The summed E-state index contributed by atoms with van der Waals surface area (Å²) in [5.74, 6) is 0.535. The molecule has 0 atom stereocenters. The molecule has 0 saturated carbocycles. The summed E-state index contributed by atoms with van der Waals surface area (Å²) in [4.78, 5) is 9.75. The molecule has 0 saturated heterocycles. The second kappa shape index (κ2) is 15.4. The van der Waals surface area contributed by atoms with Crippen LogP contribution in [0.2, 0.25) is 19.6 Å². The first kappa shape index (κ1) is 37.3. The molecule has 0 N–H and O–H groups in total. The van der Waals surface area contributed by atoms with E-state index in [0.717, 1.165) is 33.7 Å². The summed E-state index contributed by atoms with van der Waals surface area (Å²) in [6.45, 7) is 19.5. The minimum Gasteiger partial charge on any atom is -0.362 e. The third kappa shape index (κ3) is 7.55. The van der Waals surface area contributed by atoms with Gasteiger partial charge in [-0.05, 0) is 69.7 Å². The Labute approximate surface area is 333 Å². The fraction of sp³-hybridized carbons (Fsp3) is 0.261. The SMILES string of the molecule is CC(C)c1ccc2c(c1)sc1c(-c3nc4c5ccccc5ccc4n3C(C)C)[c-]ccc12.[2H]C(C)(C)c1cc(-c2[c-]cc(F)cc2)ncc1[Si](C)(C)C.[Ir]. The summed E-state index contributed by atoms with van der Waals surface area (Å²) in [5, 5.41) is 6.25. The molecule has 0 bridgehead atoms. The van der Waals surface area contributed by atoms with Gasteiger partial charge < -0.3 is 9.55 Å². The molecular formula is C46H46FIrN3SSi-2. The van der Waals surface area contributed by atoms with Gasteiger partial charge in [0.05, 0.1) is 24.9 Å². The number of imidazole rings is 1. The van der Waals surface area contributed by atoms with E-state index in [2.05, 4.69) is 136 Å². The van der Waals surface area contributed by atoms with Gasteiger partial charge in [0.2, 0.25) is 0 Å². The van der Waals surface area contributed by atoms with Crippen LogP contribution in [0.4, 0.5) is 4.39 Å². The summed E-state index contributed by atoms with van der Waals surface area (Å²) in [6, 6.07) is 37.2. The number of rotatable bonds is 6. The number of halogens is 1. The molecule has 273 valence electrons. The van der Waals surface area contributed by atoms with E-state index in [-0.39, 0.29) is 25.9 Å². The number of hydrogen-bond acceptors (Lipinski definition) is 3. The normalized spacial score (nSPS) is 12.4. The van der Waals surface area contributed by atoms with Gasteiger partial charge in [-0.15, -0.1) is 48.0 Å². The summed E-state index contributed by atoms with van der Waals surface area (Å²) >= 11 is 1.86. The molecule has 0 spiro atoms. The Morgan fingerprint density at radius 2 is 1.62 bits per heavy atom. The van der Waals surface area contributed by atoms with Crippen molar-refractivity contribution in [3.05, 3.63) is 126 Å². The number of fused-ring (bicyclic) bond motifs is 6. The van der Waals surface area contributed by atoms with Crippen LogP contribution in [-0.2, 0) is 20.1 Å².